The van der Waals surface area contributed by atoms with Gasteiger partial charge in [-0.3, -0.25) is 5.10 Å². The first-order valence-corrected chi connectivity index (χ1v) is 6.31. The van der Waals surface area contributed by atoms with Crippen LogP contribution in [0.1, 0.15) is 57.2 Å². The number of aromatic nitrogens is 3. The molecule has 1 aromatic rings. The Labute approximate surface area is 97.2 Å². The number of rotatable bonds is 4. The highest BCUT2D eigenvalue weighted by molar-refractivity contribution is 4.95. The van der Waals surface area contributed by atoms with Crippen molar-refractivity contribution in [3.8, 4) is 0 Å². The van der Waals surface area contributed by atoms with Gasteiger partial charge >= 0.3 is 0 Å². The van der Waals surface area contributed by atoms with E-state index in [0.29, 0.717) is 6.04 Å². The lowest BCUT2D eigenvalue weighted by Gasteiger charge is -2.23. The summed E-state index contributed by atoms with van der Waals surface area (Å²) in [5, 5.41) is 10.7. The summed E-state index contributed by atoms with van der Waals surface area (Å²) >= 11 is 0. The van der Waals surface area contributed by atoms with Crippen molar-refractivity contribution in [1.82, 2.24) is 20.5 Å². The van der Waals surface area contributed by atoms with Gasteiger partial charge < -0.3 is 5.32 Å². The lowest BCUT2D eigenvalue weighted by Crippen LogP contribution is -2.34. The first-order valence-electron chi connectivity index (χ1n) is 6.31. The Balaban J connectivity index is 1.88. The van der Waals surface area contributed by atoms with E-state index in [-0.39, 0.29) is 6.04 Å². The van der Waals surface area contributed by atoms with Crippen LogP contribution in [0.25, 0.3) is 0 Å². The maximum atomic E-state index is 4.36. The molecule has 2 atom stereocenters. The first kappa shape index (κ1) is 11.6. The van der Waals surface area contributed by atoms with E-state index >= 15 is 0 Å². The van der Waals surface area contributed by atoms with Gasteiger partial charge in [0.15, 0.2) is 5.82 Å². The molecule has 1 aliphatic rings. The van der Waals surface area contributed by atoms with E-state index in [1.54, 1.807) is 0 Å². The Bertz CT molecular complexity index is 328. The van der Waals surface area contributed by atoms with Crippen molar-refractivity contribution in [2.24, 2.45) is 5.92 Å². The summed E-state index contributed by atoms with van der Waals surface area (Å²) in [6.07, 6.45) is 5.53. The number of aromatic amines is 1. The van der Waals surface area contributed by atoms with Crippen LogP contribution < -0.4 is 5.32 Å². The Morgan fingerprint density at radius 3 is 2.56 bits per heavy atom. The number of hydrogen-bond donors (Lipinski definition) is 2. The Morgan fingerprint density at radius 1 is 1.31 bits per heavy atom. The van der Waals surface area contributed by atoms with E-state index in [0.717, 1.165) is 17.6 Å². The minimum atomic E-state index is 0.237. The normalized spacial score (nSPS) is 21.2. The quantitative estimate of drug-likeness (QED) is 0.822. The third kappa shape index (κ3) is 2.61. The zero-order chi connectivity index (χ0) is 11.5. The van der Waals surface area contributed by atoms with Crippen molar-refractivity contribution in [2.45, 2.75) is 58.5 Å². The molecule has 1 saturated carbocycles. The highest BCUT2D eigenvalue weighted by Crippen LogP contribution is 2.28. The molecule has 16 heavy (non-hydrogen) atoms. The molecular formula is C12H22N4. The summed E-state index contributed by atoms with van der Waals surface area (Å²) in [6, 6.07) is 0.803. The van der Waals surface area contributed by atoms with Crippen LogP contribution in [0.5, 0.6) is 0 Å². The SMILES string of the molecule is Cc1nc(C(C)NC(C)C2CCCC2)n[nH]1. The Hall–Kier alpha value is -0.900. The van der Waals surface area contributed by atoms with E-state index in [9.17, 15) is 0 Å². The molecule has 4 heteroatoms. The molecule has 4 nitrogen and oxygen atoms in total. The van der Waals surface area contributed by atoms with Crippen LogP contribution in [-0.4, -0.2) is 21.2 Å². The van der Waals surface area contributed by atoms with Gasteiger partial charge in [-0.1, -0.05) is 12.8 Å². The number of hydrogen-bond acceptors (Lipinski definition) is 3. The molecule has 0 bridgehead atoms. The van der Waals surface area contributed by atoms with Crippen LogP contribution in [0.15, 0.2) is 0 Å². The number of nitrogens with zero attached hydrogens (tertiary/aromatic N) is 2. The molecule has 0 amide bonds. The second-order valence-electron chi connectivity index (χ2n) is 5.00. The van der Waals surface area contributed by atoms with Gasteiger partial charge in [-0.15, -0.1) is 0 Å². The summed E-state index contributed by atoms with van der Waals surface area (Å²) in [4.78, 5) is 4.36. The minimum Gasteiger partial charge on any atom is -0.305 e. The van der Waals surface area contributed by atoms with Gasteiger partial charge in [0.1, 0.15) is 5.82 Å². The summed E-state index contributed by atoms with van der Waals surface area (Å²) < 4.78 is 0. The third-order valence-corrected chi connectivity index (χ3v) is 3.62. The molecule has 0 spiro atoms. The zero-order valence-electron chi connectivity index (χ0n) is 10.5. The molecule has 2 N–H and O–H groups in total. The smallest absolute Gasteiger partial charge is 0.167 e. The molecule has 2 unspecified atom stereocenters. The molecule has 0 saturated heterocycles. The molecule has 1 aromatic heterocycles. The van der Waals surface area contributed by atoms with Gasteiger partial charge in [-0.25, -0.2) is 4.98 Å². The predicted molar refractivity (Wildman–Crippen MR) is 64.1 cm³/mol. The molecular weight excluding hydrogens is 200 g/mol. The molecule has 90 valence electrons. The third-order valence-electron chi connectivity index (χ3n) is 3.62. The largest absolute Gasteiger partial charge is 0.305 e. The van der Waals surface area contributed by atoms with Gasteiger partial charge in [-0.2, -0.15) is 5.10 Å². The minimum absolute atomic E-state index is 0.237. The van der Waals surface area contributed by atoms with Crippen LogP contribution in [0.4, 0.5) is 0 Å². The van der Waals surface area contributed by atoms with E-state index < -0.39 is 0 Å². The zero-order valence-corrected chi connectivity index (χ0v) is 10.5. The second kappa shape index (κ2) is 4.95. The average Bonchev–Trinajstić information content (AvgIpc) is 2.87. The fraction of sp³-hybridized carbons (Fsp3) is 0.833. The van der Waals surface area contributed by atoms with Crippen LogP contribution in [0.3, 0.4) is 0 Å². The maximum absolute atomic E-state index is 4.36. The molecule has 0 radical (unpaired) electrons. The van der Waals surface area contributed by atoms with Crippen molar-refractivity contribution in [3.63, 3.8) is 0 Å². The van der Waals surface area contributed by atoms with Crippen LogP contribution in [-0.2, 0) is 0 Å². The molecule has 1 aliphatic carbocycles. The van der Waals surface area contributed by atoms with E-state index in [1.807, 2.05) is 6.92 Å². The highest BCUT2D eigenvalue weighted by Gasteiger charge is 2.23. The predicted octanol–water partition coefficient (Wildman–Crippen LogP) is 2.34. The molecule has 2 rings (SSSR count). The first-order chi connectivity index (χ1) is 7.66. The van der Waals surface area contributed by atoms with Crippen molar-refractivity contribution in [1.29, 1.82) is 0 Å². The lowest BCUT2D eigenvalue weighted by atomic mass is 9.99. The van der Waals surface area contributed by atoms with Gasteiger partial charge in [0, 0.05) is 6.04 Å². The fourth-order valence-electron chi connectivity index (χ4n) is 2.62. The molecule has 1 heterocycles. The van der Waals surface area contributed by atoms with Crippen LogP contribution in [0, 0.1) is 12.8 Å². The molecule has 0 aliphatic heterocycles. The summed E-state index contributed by atoms with van der Waals surface area (Å²) in [5.41, 5.74) is 0. The van der Waals surface area contributed by atoms with E-state index in [2.05, 4.69) is 34.3 Å². The molecule has 0 aromatic carbocycles. The fourth-order valence-corrected chi connectivity index (χ4v) is 2.62. The summed E-state index contributed by atoms with van der Waals surface area (Å²) in [7, 11) is 0. The van der Waals surface area contributed by atoms with Gasteiger partial charge in [-0.05, 0) is 39.5 Å². The van der Waals surface area contributed by atoms with E-state index in [1.165, 1.54) is 25.7 Å². The summed E-state index contributed by atoms with van der Waals surface area (Å²) in [5.74, 6) is 2.60. The Kier molecular flexibility index (Phi) is 3.59. The van der Waals surface area contributed by atoms with Crippen LogP contribution >= 0.6 is 0 Å². The number of H-pyrrole nitrogens is 1. The van der Waals surface area contributed by atoms with Crippen molar-refractivity contribution >= 4 is 0 Å². The Morgan fingerprint density at radius 2 is 2.00 bits per heavy atom. The van der Waals surface area contributed by atoms with Crippen molar-refractivity contribution < 1.29 is 0 Å². The number of nitrogens with one attached hydrogen (secondary N) is 2. The lowest BCUT2D eigenvalue weighted by molar-refractivity contribution is 0.347. The average molecular weight is 222 g/mol. The maximum Gasteiger partial charge on any atom is 0.167 e. The molecule has 1 fully saturated rings. The van der Waals surface area contributed by atoms with E-state index in [4.69, 9.17) is 0 Å². The van der Waals surface area contributed by atoms with Crippen LogP contribution in [0.2, 0.25) is 0 Å². The van der Waals surface area contributed by atoms with Gasteiger partial charge in [0.25, 0.3) is 0 Å². The van der Waals surface area contributed by atoms with Crippen molar-refractivity contribution in [2.75, 3.05) is 0 Å². The van der Waals surface area contributed by atoms with Crippen molar-refractivity contribution in [3.05, 3.63) is 11.6 Å². The topological polar surface area (TPSA) is 53.6 Å². The second-order valence-corrected chi connectivity index (χ2v) is 5.00. The monoisotopic (exact) mass is 222 g/mol. The standard InChI is InChI=1S/C12H22N4/c1-8(11-6-4-5-7-11)13-9(2)12-14-10(3)15-16-12/h8-9,11,13H,4-7H2,1-3H3,(H,14,15,16). The summed E-state index contributed by atoms with van der Waals surface area (Å²) in [6.45, 7) is 6.35. The number of aryl methyl sites for hydroxylation is 1. The highest BCUT2D eigenvalue weighted by atomic mass is 15.2. The van der Waals surface area contributed by atoms with Gasteiger partial charge in [0.2, 0.25) is 0 Å². The van der Waals surface area contributed by atoms with Gasteiger partial charge in [0.05, 0.1) is 6.04 Å².